The third-order valence-corrected chi connectivity index (χ3v) is 6.55. The summed E-state index contributed by atoms with van der Waals surface area (Å²) >= 11 is 4.64. The number of para-hydroxylation sites is 1. The zero-order valence-corrected chi connectivity index (χ0v) is 20.4. The average Bonchev–Trinajstić information content (AvgIpc) is 3.11. The van der Waals surface area contributed by atoms with E-state index in [0.29, 0.717) is 26.8 Å². The first-order chi connectivity index (χ1) is 16.0. The SMILES string of the molecule is COc1ccc(CN2C(=O)/C(=C/c3cc(Br)c(O)c(OC)c3)SC2=Nc2ccccc2)cc1. The Balaban J connectivity index is 1.70. The van der Waals surface area contributed by atoms with Crippen molar-refractivity contribution in [3.8, 4) is 17.2 Å². The summed E-state index contributed by atoms with van der Waals surface area (Å²) in [4.78, 5) is 20.3. The largest absolute Gasteiger partial charge is 0.503 e. The maximum Gasteiger partial charge on any atom is 0.267 e. The van der Waals surface area contributed by atoms with Gasteiger partial charge >= 0.3 is 0 Å². The van der Waals surface area contributed by atoms with Crippen LogP contribution in [-0.4, -0.2) is 35.3 Å². The number of hydrogen-bond acceptors (Lipinski definition) is 6. The lowest BCUT2D eigenvalue weighted by atomic mass is 10.1. The second-order valence-electron chi connectivity index (χ2n) is 7.13. The van der Waals surface area contributed by atoms with Gasteiger partial charge in [0.05, 0.1) is 35.8 Å². The lowest BCUT2D eigenvalue weighted by Crippen LogP contribution is -2.28. The number of methoxy groups -OCH3 is 2. The molecule has 6 nitrogen and oxygen atoms in total. The van der Waals surface area contributed by atoms with E-state index in [1.165, 1.54) is 18.9 Å². The van der Waals surface area contributed by atoms with E-state index in [1.807, 2.05) is 54.6 Å². The molecule has 8 heteroatoms. The first-order valence-corrected chi connectivity index (χ1v) is 11.6. The summed E-state index contributed by atoms with van der Waals surface area (Å²) in [6.45, 7) is 0.376. The van der Waals surface area contributed by atoms with Gasteiger partial charge in [-0.05, 0) is 81.3 Å². The summed E-state index contributed by atoms with van der Waals surface area (Å²) in [7, 11) is 3.10. The zero-order chi connectivity index (χ0) is 23.4. The molecule has 1 heterocycles. The van der Waals surface area contributed by atoms with E-state index in [9.17, 15) is 9.90 Å². The van der Waals surface area contributed by atoms with Crippen LogP contribution in [0.1, 0.15) is 11.1 Å². The van der Waals surface area contributed by atoms with Gasteiger partial charge in [0, 0.05) is 0 Å². The van der Waals surface area contributed by atoms with Gasteiger partial charge in [0.1, 0.15) is 5.75 Å². The highest BCUT2D eigenvalue weighted by molar-refractivity contribution is 9.10. The number of carbonyl (C=O) groups excluding carboxylic acids is 1. The molecule has 168 valence electrons. The molecule has 33 heavy (non-hydrogen) atoms. The molecule has 0 unspecified atom stereocenters. The van der Waals surface area contributed by atoms with Crippen molar-refractivity contribution < 1.29 is 19.4 Å². The fourth-order valence-corrected chi connectivity index (χ4v) is 4.70. The Morgan fingerprint density at radius 3 is 2.45 bits per heavy atom. The highest BCUT2D eigenvalue weighted by Gasteiger charge is 2.33. The van der Waals surface area contributed by atoms with Crippen LogP contribution in [0.15, 0.2) is 81.1 Å². The van der Waals surface area contributed by atoms with Gasteiger partial charge in [0.15, 0.2) is 16.7 Å². The van der Waals surface area contributed by atoms with Crippen molar-refractivity contribution in [2.24, 2.45) is 4.99 Å². The number of halogens is 1. The summed E-state index contributed by atoms with van der Waals surface area (Å²) in [5.41, 5.74) is 2.45. The Morgan fingerprint density at radius 1 is 1.06 bits per heavy atom. The number of ether oxygens (including phenoxy) is 2. The van der Waals surface area contributed by atoms with Gasteiger partial charge in [-0.1, -0.05) is 30.3 Å². The third kappa shape index (κ3) is 5.23. The number of phenols is 1. The quantitative estimate of drug-likeness (QED) is 0.401. The molecule has 1 aliphatic heterocycles. The minimum absolute atomic E-state index is 0.0116. The summed E-state index contributed by atoms with van der Waals surface area (Å²) < 4.78 is 10.9. The van der Waals surface area contributed by atoms with E-state index in [2.05, 4.69) is 15.9 Å². The number of thioether (sulfide) groups is 1. The van der Waals surface area contributed by atoms with E-state index < -0.39 is 0 Å². The predicted octanol–water partition coefficient (Wildman–Crippen LogP) is 5.98. The molecule has 3 aromatic rings. The number of nitrogens with zero attached hydrogens (tertiary/aromatic N) is 2. The lowest BCUT2D eigenvalue weighted by Gasteiger charge is -2.16. The van der Waals surface area contributed by atoms with Crippen molar-refractivity contribution >= 4 is 50.5 Å². The maximum absolute atomic E-state index is 13.4. The van der Waals surface area contributed by atoms with Gasteiger partial charge < -0.3 is 14.6 Å². The first kappa shape index (κ1) is 22.9. The van der Waals surface area contributed by atoms with E-state index in [-0.39, 0.29) is 11.7 Å². The normalized spacial score (nSPS) is 16.0. The molecule has 1 aliphatic rings. The van der Waals surface area contributed by atoms with Crippen LogP contribution >= 0.6 is 27.7 Å². The van der Waals surface area contributed by atoms with E-state index in [0.717, 1.165) is 22.6 Å². The minimum Gasteiger partial charge on any atom is -0.503 e. The predicted molar refractivity (Wildman–Crippen MR) is 135 cm³/mol. The second-order valence-corrected chi connectivity index (χ2v) is 9.00. The van der Waals surface area contributed by atoms with Crippen LogP contribution in [0, 0.1) is 0 Å². The molecule has 3 aromatic carbocycles. The fourth-order valence-electron chi connectivity index (χ4n) is 3.24. The Morgan fingerprint density at radius 2 is 1.79 bits per heavy atom. The summed E-state index contributed by atoms with van der Waals surface area (Å²) in [5.74, 6) is 0.942. The van der Waals surface area contributed by atoms with E-state index in [1.54, 1.807) is 30.2 Å². The molecule has 1 saturated heterocycles. The number of aliphatic imine (C=N–C) groups is 1. The Hall–Kier alpha value is -3.23. The molecule has 0 spiro atoms. The maximum atomic E-state index is 13.4. The molecule has 0 radical (unpaired) electrons. The average molecular weight is 525 g/mol. The number of hydrogen-bond donors (Lipinski definition) is 1. The fraction of sp³-hybridized carbons (Fsp3) is 0.120. The topological polar surface area (TPSA) is 71.4 Å². The van der Waals surface area contributed by atoms with Crippen molar-refractivity contribution in [1.82, 2.24) is 4.90 Å². The molecule has 1 amide bonds. The number of amidine groups is 1. The van der Waals surface area contributed by atoms with Crippen molar-refractivity contribution in [1.29, 1.82) is 0 Å². The number of rotatable bonds is 6. The molecule has 0 atom stereocenters. The molecular formula is C25H21BrN2O4S. The summed E-state index contributed by atoms with van der Waals surface area (Å²) in [6, 6.07) is 20.5. The number of amides is 1. The summed E-state index contributed by atoms with van der Waals surface area (Å²) in [5, 5.41) is 10.7. The number of carbonyl (C=O) groups is 1. The smallest absolute Gasteiger partial charge is 0.267 e. The molecule has 1 fully saturated rings. The molecule has 1 N–H and O–H groups in total. The van der Waals surface area contributed by atoms with Crippen molar-refractivity contribution in [2.75, 3.05) is 14.2 Å². The van der Waals surface area contributed by atoms with Crippen LogP contribution in [0.2, 0.25) is 0 Å². The summed E-state index contributed by atoms with van der Waals surface area (Å²) in [6.07, 6.45) is 1.77. The lowest BCUT2D eigenvalue weighted by molar-refractivity contribution is -0.122. The molecular weight excluding hydrogens is 504 g/mol. The van der Waals surface area contributed by atoms with E-state index in [4.69, 9.17) is 14.5 Å². The Labute approximate surface area is 204 Å². The van der Waals surface area contributed by atoms with Crippen LogP contribution in [0.5, 0.6) is 17.2 Å². The molecule has 4 rings (SSSR count). The molecule has 0 aromatic heterocycles. The van der Waals surface area contributed by atoms with Crippen LogP contribution in [-0.2, 0) is 11.3 Å². The van der Waals surface area contributed by atoms with Gasteiger partial charge in [-0.2, -0.15) is 0 Å². The van der Waals surface area contributed by atoms with E-state index >= 15 is 0 Å². The minimum atomic E-state index is -0.145. The molecule has 0 bridgehead atoms. The first-order valence-electron chi connectivity index (χ1n) is 10.0. The number of benzene rings is 3. The van der Waals surface area contributed by atoms with Crippen molar-refractivity contribution in [2.45, 2.75) is 6.54 Å². The highest BCUT2D eigenvalue weighted by Crippen LogP contribution is 2.39. The van der Waals surface area contributed by atoms with Crippen LogP contribution < -0.4 is 9.47 Å². The van der Waals surface area contributed by atoms with Gasteiger partial charge in [0.25, 0.3) is 5.91 Å². The van der Waals surface area contributed by atoms with Crippen LogP contribution in [0.3, 0.4) is 0 Å². The molecule has 0 saturated carbocycles. The van der Waals surface area contributed by atoms with Gasteiger partial charge in [-0.3, -0.25) is 9.69 Å². The zero-order valence-electron chi connectivity index (χ0n) is 18.0. The monoisotopic (exact) mass is 524 g/mol. The van der Waals surface area contributed by atoms with Gasteiger partial charge in [0.2, 0.25) is 0 Å². The third-order valence-electron chi connectivity index (χ3n) is 4.94. The Kier molecular flexibility index (Phi) is 7.05. The van der Waals surface area contributed by atoms with Crippen molar-refractivity contribution in [3.05, 3.63) is 87.2 Å². The van der Waals surface area contributed by atoms with Gasteiger partial charge in [-0.15, -0.1) is 0 Å². The van der Waals surface area contributed by atoms with Crippen LogP contribution in [0.25, 0.3) is 6.08 Å². The highest BCUT2D eigenvalue weighted by atomic mass is 79.9. The second kappa shape index (κ2) is 10.1. The number of phenolic OH excluding ortho intramolecular Hbond substituents is 1. The number of aromatic hydroxyl groups is 1. The Bertz CT molecular complexity index is 1230. The molecule has 0 aliphatic carbocycles. The van der Waals surface area contributed by atoms with Gasteiger partial charge in [-0.25, -0.2) is 4.99 Å². The van der Waals surface area contributed by atoms with Crippen molar-refractivity contribution in [3.63, 3.8) is 0 Å². The standard InChI is InChI=1S/C25H21BrN2O4S/c1-31-19-10-8-16(9-11-19)15-28-24(30)22(33-25(28)27-18-6-4-3-5-7-18)14-17-12-20(26)23(29)21(13-17)32-2/h3-14,29H,15H2,1-2H3/b22-14-,27-25?. The van der Waals surface area contributed by atoms with Crippen LogP contribution in [0.4, 0.5) is 5.69 Å².